The van der Waals surface area contributed by atoms with Crippen LogP contribution in [0.15, 0.2) is 30.9 Å². The summed E-state index contributed by atoms with van der Waals surface area (Å²) in [5, 5.41) is 0. The zero-order valence-corrected chi connectivity index (χ0v) is 11.1. The first kappa shape index (κ1) is 13.0. The number of hydrogen-bond acceptors (Lipinski definition) is 0. The Labute approximate surface area is 100 Å². The van der Waals surface area contributed by atoms with E-state index in [1.54, 1.807) is 0 Å². The van der Waals surface area contributed by atoms with Crippen LogP contribution in [0.2, 0.25) is 0 Å². The van der Waals surface area contributed by atoms with Crippen molar-refractivity contribution in [3.63, 3.8) is 0 Å². The standard InChI is InChI=1S/C16H24/c1-6-13(5)16-10-14(7-2)9-15(11-16)8-12(3)4/h6,9-13H,1,7-8H2,2-5H3. The maximum Gasteiger partial charge on any atom is -0.00129 e. The van der Waals surface area contributed by atoms with Crippen LogP contribution in [0.5, 0.6) is 0 Å². The molecule has 0 amide bonds. The van der Waals surface area contributed by atoms with Gasteiger partial charge in [-0.2, -0.15) is 0 Å². The van der Waals surface area contributed by atoms with Gasteiger partial charge in [0.15, 0.2) is 0 Å². The molecule has 1 unspecified atom stereocenters. The maximum atomic E-state index is 3.88. The van der Waals surface area contributed by atoms with Crippen LogP contribution in [-0.2, 0) is 12.8 Å². The van der Waals surface area contributed by atoms with Gasteiger partial charge in [0.1, 0.15) is 0 Å². The van der Waals surface area contributed by atoms with Crippen molar-refractivity contribution in [3.05, 3.63) is 47.5 Å². The predicted octanol–water partition coefficient (Wildman–Crippen LogP) is 4.74. The summed E-state index contributed by atoms with van der Waals surface area (Å²) in [5.74, 6) is 1.18. The van der Waals surface area contributed by atoms with Crippen molar-refractivity contribution in [2.45, 2.75) is 46.5 Å². The summed E-state index contributed by atoms with van der Waals surface area (Å²) in [6.45, 7) is 12.9. The van der Waals surface area contributed by atoms with Crippen LogP contribution in [0.4, 0.5) is 0 Å². The average Bonchev–Trinajstić information content (AvgIpc) is 2.26. The molecule has 0 aliphatic carbocycles. The van der Waals surface area contributed by atoms with Crippen molar-refractivity contribution in [2.24, 2.45) is 5.92 Å². The van der Waals surface area contributed by atoms with E-state index in [1.807, 2.05) is 6.08 Å². The third-order valence-electron chi connectivity index (χ3n) is 3.01. The van der Waals surface area contributed by atoms with Crippen molar-refractivity contribution >= 4 is 0 Å². The van der Waals surface area contributed by atoms with E-state index in [0.717, 1.165) is 12.3 Å². The van der Waals surface area contributed by atoms with Crippen LogP contribution in [0.25, 0.3) is 0 Å². The summed E-state index contributed by atoms with van der Waals surface area (Å²) in [6, 6.07) is 7.00. The fourth-order valence-electron chi connectivity index (χ4n) is 1.98. The second-order valence-electron chi connectivity index (χ2n) is 5.06. The first-order chi connectivity index (χ1) is 7.56. The van der Waals surface area contributed by atoms with Crippen LogP contribution >= 0.6 is 0 Å². The van der Waals surface area contributed by atoms with Gasteiger partial charge in [-0.05, 0) is 41.4 Å². The number of allylic oxidation sites excluding steroid dienone is 1. The Morgan fingerprint density at radius 1 is 1.12 bits per heavy atom. The van der Waals surface area contributed by atoms with Gasteiger partial charge in [0.05, 0.1) is 0 Å². The molecule has 1 aromatic carbocycles. The highest BCUT2D eigenvalue weighted by Gasteiger charge is 2.06. The van der Waals surface area contributed by atoms with Crippen molar-refractivity contribution in [1.82, 2.24) is 0 Å². The maximum absolute atomic E-state index is 3.88. The lowest BCUT2D eigenvalue weighted by atomic mass is 9.92. The van der Waals surface area contributed by atoms with Crippen LogP contribution in [0, 0.1) is 5.92 Å². The Balaban J connectivity index is 3.05. The SMILES string of the molecule is C=CC(C)c1cc(CC)cc(CC(C)C)c1. The highest BCUT2D eigenvalue weighted by molar-refractivity contribution is 5.34. The molecule has 0 spiro atoms. The minimum Gasteiger partial charge on any atom is -0.102 e. The van der Waals surface area contributed by atoms with Gasteiger partial charge in [-0.1, -0.05) is 52.0 Å². The molecule has 0 aliphatic rings. The molecular formula is C16H24. The number of rotatable bonds is 5. The number of benzene rings is 1. The van der Waals surface area contributed by atoms with Crippen LogP contribution in [-0.4, -0.2) is 0 Å². The molecule has 1 aromatic rings. The van der Waals surface area contributed by atoms with Crippen LogP contribution < -0.4 is 0 Å². The smallest absolute Gasteiger partial charge is 0.00129 e. The molecule has 0 heteroatoms. The molecule has 0 fully saturated rings. The zero-order chi connectivity index (χ0) is 12.1. The minimum absolute atomic E-state index is 0.456. The van der Waals surface area contributed by atoms with Crippen molar-refractivity contribution in [1.29, 1.82) is 0 Å². The lowest BCUT2D eigenvalue weighted by Gasteiger charge is -2.13. The minimum atomic E-state index is 0.456. The fourth-order valence-corrected chi connectivity index (χ4v) is 1.98. The second-order valence-corrected chi connectivity index (χ2v) is 5.06. The Morgan fingerprint density at radius 2 is 1.75 bits per heavy atom. The first-order valence-corrected chi connectivity index (χ1v) is 6.32. The molecule has 88 valence electrons. The molecule has 1 atom stereocenters. The average molecular weight is 216 g/mol. The topological polar surface area (TPSA) is 0 Å². The highest BCUT2D eigenvalue weighted by atomic mass is 14.1. The van der Waals surface area contributed by atoms with E-state index in [9.17, 15) is 0 Å². The molecule has 0 heterocycles. The molecule has 0 saturated carbocycles. The summed E-state index contributed by atoms with van der Waals surface area (Å²) in [4.78, 5) is 0. The van der Waals surface area contributed by atoms with Gasteiger partial charge in [-0.25, -0.2) is 0 Å². The second kappa shape index (κ2) is 5.89. The highest BCUT2D eigenvalue weighted by Crippen LogP contribution is 2.21. The van der Waals surface area contributed by atoms with Crippen molar-refractivity contribution in [2.75, 3.05) is 0 Å². The summed E-state index contributed by atoms with van der Waals surface area (Å²) in [5.41, 5.74) is 4.32. The molecule has 16 heavy (non-hydrogen) atoms. The lowest BCUT2D eigenvalue weighted by Crippen LogP contribution is -1.99. The van der Waals surface area contributed by atoms with Crippen LogP contribution in [0.1, 0.15) is 50.3 Å². The van der Waals surface area contributed by atoms with Gasteiger partial charge in [-0.3, -0.25) is 0 Å². The van der Waals surface area contributed by atoms with E-state index < -0.39 is 0 Å². The molecular weight excluding hydrogens is 192 g/mol. The van der Waals surface area contributed by atoms with E-state index in [0.29, 0.717) is 5.92 Å². The van der Waals surface area contributed by atoms with E-state index in [1.165, 1.54) is 23.1 Å². The largest absolute Gasteiger partial charge is 0.102 e. The summed E-state index contributed by atoms with van der Waals surface area (Å²) >= 11 is 0. The van der Waals surface area contributed by atoms with Gasteiger partial charge in [0, 0.05) is 0 Å². The van der Waals surface area contributed by atoms with Crippen LogP contribution in [0.3, 0.4) is 0 Å². The summed E-state index contributed by atoms with van der Waals surface area (Å²) in [6.07, 6.45) is 4.31. The van der Waals surface area contributed by atoms with E-state index in [2.05, 4.69) is 52.5 Å². The molecule has 0 bridgehead atoms. The van der Waals surface area contributed by atoms with Gasteiger partial charge < -0.3 is 0 Å². The van der Waals surface area contributed by atoms with E-state index in [4.69, 9.17) is 0 Å². The molecule has 0 aromatic heterocycles. The van der Waals surface area contributed by atoms with Crippen molar-refractivity contribution in [3.8, 4) is 0 Å². The monoisotopic (exact) mass is 216 g/mol. The van der Waals surface area contributed by atoms with Gasteiger partial charge >= 0.3 is 0 Å². The zero-order valence-electron chi connectivity index (χ0n) is 11.1. The quantitative estimate of drug-likeness (QED) is 0.624. The molecule has 0 radical (unpaired) electrons. The summed E-state index contributed by atoms with van der Waals surface area (Å²) in [7, 11) is 0. The number of aryl methyl sites for hydroxylation is 1. The first-order valence-electron chi connectivity index (χ1n) is 6.32. The fraction of sp³-hybridized carbons (Fsp3) is 0.500. The predicted molar refractivity (Wildman–Crippen MR) is 73.0 cm³/mol. The molecule has 0 N–H and O–H groups in total. The Morgan fingerprint density at radius 3 is 2.25 bits per heavy atom. The lowest BCUT2D eigenvalue weighted by molar-refractivity contribution is 0.646. The van der Waals surface area contributed by atoms with Gasteiger partial charge in [0.25, 0.3) is 0 Å². The van der Waals surface area contributed by atoms with Gasteiger partial charge in [-0.15, -0.1) is 6.58 Å². The normalized spacial score (nSPS) is 12.8. The third kappa shape index (κ3) is 3.52. The van der Waals surface area contributed by atoms with Crippen molar-refractivity contribution < 1.29 is 0 Å². The molecule has 0 nitrogen and oxygen atoms in total. The van der Waals surface area contributed by atoms with E-state index >= 15 is 0 Å². The van der Waals surface area contributed by atoms with Gasteiger partial charge in [0.2, 0.25) is 0 Å². The third-order valence-corrected chi connectivity index (χ3v) is 3.01. The number of hydrogen-bond donors (Lipinski definition) is 0. The summed E-state index contributed by atoms with van der Waals surface area (Å²) < 4.78 is 0. The molecule has 1 rings (SSSR count). The Kier molecular flexibility index (Phi) is 4.79. The Bertz CT molecular complexity index is 347. The van der Waals surface area contributed by atoms with E-state index in [-0.39, 0.29) is 0 Å². The molecule has 0 saturated heterocycles. The molecule has 0 aliphatic heterocycles. The Hall–Kier alpha value is -1.04.